The van der Waals surface area contributed by atoms with Crippen molar-refractivity contribution in [3.8, 4) is 0 Å². The van der Waals surface area contributed by atoms with Crippen LogP contribution in [-0.4, -0.2) is 29.5 Å². The first-order valence-corrected chi connectivity index (χ1v) is 4.65. The highest BCUT2D eigenvalue weighted by Crippen LogP contribution is 2.09. The highest BCUT2D eigenvalue weighted by Gasteiger charge is 2.07. The van der Waals surface area contributed by atoms with Crippen LogP contribution in [0.4, 0.5) is 5.95 Å². The van der Waals surface area contributed by atoms with E-state index in [0.29, 0.717) is 11.3 Å². The minimum absolute atomic E-state index is 0.235. The predicted molar refractivity (Wildman–Crippen MR) is 52.2 cm³/mol. The van der Waals surface area contributed by atoms with E-state index in [0.717, 1.165) is 5.82 Å². The molecule has 2 heterocycles. The summed E-state index contributed by atoms with van der Waals surface area (Å²) >= 11 is 3.24. The minimum Gasteiger partial charge on any atom is -0.366 e. The van der Waals surface area contributed by atoms with Crippen molar-refractivity contribution in [1.82, 2.24) is 29.5 Å². The molecule has 0 amide bonds. The summed E-state index contributed by atoms with van der Waals surface area (Å²) in [6.07, 6.45) is 1.49. The number of aryl methyl sites for hydroxylation is 1. The first-order valence-electron chi connectivity index (χ1n) is 3.85. The maximum atomic E-state index is 5.43. The maximum absolute atomic E-state index is 5.43. The lowest BCUT2D eigenvalue weighted by atomic mass is 10.6. The molecule has 2 aromatic rings. The van der Waals surface area contributed by atoms with Crippen LogP contribution in [0.1, 0.15) is 5.82 Å². The van der Waals surface area contributed by atoms with Gasteiger partial charge in [0.1, 0.15) is 18.7 Å². The number of halogens is 1. The number of nitrogens with two attached hydrogens (primary N) is 1. The summed E-state index contributed by atoms with van der Waals surface area (Å²) in [6, 6.07) is 0. The summed E-state index contributed by atoms with van der Waals surface area (Å²) in [7, 11) is 1.82. The fraction of sp³-hybridized carbons (Fsp3) is 0.333. The number of anilines is 1. The Bertz CT molecular complexity index is 445. The monoisotopic (exact) mass is 257 g/mol. The number of hydrogen-bond acceptors (Lipinski definition) is 5. The number of aromatic nitrogens is 6. The average molecular weight is 258 g/mol. The summed E-state index contributed by atoms with van der Waals surface area (Å²) in [5, 5.41) is 7.93. The third kappa shape index (κ3) is 1.60. The molecule has 0 saturated heterocycles. The average Bonchev–Trinajstić information content (AvgIpc) is 2.62. The molecule has 0 fully saturated rings. The lowest BCUT2D eigenvalue weighted by Crippen LogP contribution is -2.08. The molecule has 0 saturated carbocycles. The fourth-order valence-corrected chi connectivity index (χ4v) is 1.42. The Morgan fingerprint density at radius 3 is 2.86 bits per heavy atom. The molecule has 0 aliphatic rings. The van der Waals surface area contributed by atoms with Crippen LogP contribution in [0.25, 0.3) is 0 Å². The number of nitrogen functional groups attached to an aromatic ring is 1. The van der Waals surface area contributed by atoms with Crippen LogP contribution in [0.3, 0.4) is 0 Å². The van der Waals surface area contributed by atoms with Gasteiger partial charge in [0.05, 0.1) is 0 Å². The largest absolute Gasteiger partial charge is 0.366 e. The molecule has 0 atom stereocenters. The van der Waals surface area contributed by atoms with E-state index in [1.54, 1.807) is 9.36 Å². The van der Waals surface area contributed by atoms with Crippen LogP contribution in [0, 0.1) is 0 Å². The van der Waals surface area contributed by atoms with Crippen molar-refractivity contribution in [2.75, 3.05) is 5.73 Å². The predicted octanol–water partition coefficient (Wildman–Crippen LogP) is -0.200. The third-order valence-corrected chi connectivity index (χ3v) is 2.33. The van der Waals surface area contributed by atoms with E-state index in [1.807, 2.05) is 7.05 Å². The number of hydrogen-bond donors (Lipinski definition) is 1. The van der Waals surface area contributed by atoms with Crippen LogP contribution in [0.5, 0.6) is 0 Å². The highest BCUT2D eigenvalue weighted by molar-refractivity contribution is 9.10. The Hall–Kier alpha value is -1.44. The van der Waals surface area contributed by atoms with Gasteiger partial charge < -0.3 is 5.73 Å². The van der Waals surface area contributed by atoms with E-state index >= 15 is 0 Å². The topological polar surface area (TPSA) is 87.4 Å². The van der Waals surface area contributed by atoms with E-state index in [-0.39, 0.29) is 5.95 Å². The molecule has 74 valence electrons. The zero-order valence-electron chi connectivity index (χ0n) is 7.42. The summed E-state index contributed by atoms with van der Waals surface area (Å²) in [5.41, 5.74) is 5.43. The van der Waals surface area contributed by atoms with Crippen molar-refractivity contribution < 1.29 is 0 Å². The van der Waals surface area contributed by atoms with Gasteiger partial charge in [-0.3, -0.25) is 4.68 Å². The molecular formula is C6H8BrN7. The van der Waals surface area contributed by atoms with Gasteiger partial charge in [-0.15, -0.1) is 5.10 Å². The Morgan fingerprint density at radius 1 is 1.57 bits per heavy atom. The Kier molecular flexibility index (Phi) is 2.20. The van der Waals surface area contributed by atoms with E-state index in [1.165, 1.54) is 6.33 Å². The van der Waals surface area contributed by atoms with Gasteiger partial charge in [0, 0.05) is 7.05 Å². The fourth-order valence-electron chi connectivity index (χ4n) is 1.04. The molecule has 0 aromatic carbocycles. The van der Waals surface area contributed by atoms with Gasteiger partial charge in [0.25, 0.3) is 0 Å². The van der Waals surface area contributed by atoms with Gasteiger partial charge in [0.15, 0.2) is 4.73 Å². The van der Waals surface area contributed by atoms with Crippen LogP contribution in [0.15, 0.2) is 11.1 Å². The molecule has 0 radical (unpaired) electrons. The van der Waals surface area contributed by atoms with Crippen LogP contribution < -0.4 is 5.73 Å². The Morgan fingerprint density at radius 2 is 2.36 bits per heavy atom. The molecule has 2 N–H and O–H groups in total. The highest BCUT2D eigenvalue weighted by atomic mass is 79.9. The molecule has 0 bridgehead atoms. The van der Waals surface area contributed by atoms with Crippen LogP contribution in [0.2, 0.25) is 0 Å². The summed E-state index contributed by atoms with van der Waals surface area (Å²) < 4.78 is 3.86. The molecule has 0 aliphatic carbocycles. The standard InChI is InChI=1S/C6H8BrN7/c1-13-4(9-3-10-13)2-14-5(7)11-6(8)12-14/h3H,2H2,1H3,(H2,8,12). The molecule has 14 heavy (non-hydrogen) atoms. The van der Waals surface area contributed by atoms with Crippen molar-refractivity contribution in [2.24, 2.45) is 7.05 Å². The Balaban J connectivity index is 2.27. The molecule has 2 aromatic heterocycles. The number of rotatable bonds is 2. The Labute approximate surface area is 88.1 Å². The second-order valence-electron chi connectivity index (χ2n) is 2.70. The molecular weight excluding hydrogens is 250 g/mol. The van der Waals surface area contributed by atoms with Crippen LogP contribution >= 0.6 is 15.9 Å². The third-order valence-electron chi connectivity index (χ3n) is 1.74. The van der Waals surface area contributed by atoms with Crippen molar-refractivity contribution >= 4 is 21.9 Å². The summed E-state index contributed by atoms with van der Waals surface area (Å²) in [5.74, 6) is 1.02. The van der Waals surface area contributed by atoms with Gasteiger partial charge in [-0.05, 0) is 15.9 Å². The molecule has 7 nitrogen and oxygen atoms in total. The molecule has 0 aliphatic heterocycles. The molecule has 0 unspecified atom stereocenters. The van der Waals surface area contributed by atoms with Gasteiger partial charge >= 0.3 is 0 Å². The van der Waals surface area contributed by atoms with E-state index in [2.05, 4.69) is 36.1 Å². The first kappa shape index (κ1) is 9.13. The lowest BCUT2D eigenvalue weighted by Gasteiger charge is -2.00. The smallest absolute Gasteiger partial charge is 0.240 e. The molecule has 0 spiro atoms. The first-order chi connectivity index (χ1) is 6.66. The van der Waals surface area contributed by atoms with Gasteiger partial charge in [-0.1, -0.05) is 0 Å². The maximum Gasteiger partial charge on any atom is 0.240 e. The second-order valence-corrected chi connectivity index (χ2v) is 3.41. The quantitative estimate of drug-likeness (QED) is 0.805. The van der Waals surface area contributed by atoms with Gasteiger partial charge in [-0.25, -0.2) is 9.67 Å². The van der Waals surface area contributed by atoms with E-state index in [4.69, 9.17) is 5.73 Å². The number of nitrogens with zero attached hydrogens (tertiary/aromatic N) is 6. The van der Waals surface area contributed by atoms with Crippen molar-refractivity contribution in [3.63, 3.8) is 0 Å². The zero-order chi connectivity index (χ0) is 10.1. The summed E-state index contributed by atoms with van der Waals surface area (Å²) in [6.45, 7) is 0.487. The van der Waals surface area contributed by atoms with E-state index < -0.39 is 0 Å². The van der Waals surface area contributed by atoms with Crippen LogP contribution in [-0.2, 0) is 13.6 Å². The van der Waals surface area contributed by atoms with Gasteiger partial charge in [0.2, 0.25) is 5.95 Å². The van der Waals surface area contributed by atoms with Crippen molar-refractivity contribution in [1.29, 1.82) is 0 Å². The van der Waals surface area contributed by atoms with Crippen molar-refractivity contribution in [2.45, 2.75) is 6.54 Å². The molecule has 2 rings (SSSR count). The minimum atomic E-state index is 0.235. The second kappa shape index (κ2) is 3.37. The van der Waals surface area contributed by atoms with Gasteiger partial charge in [-0.2, -0.15) is 10.1 Å². The lowest BCUT2D eigenvalue weighted by molar-refractivity contribution is 0.598. The van der Waals surface area contributed by atoms with Crippen molar-refractivity contribution in [3.05, 3.63) is 16.9 Å². The zero-order valence-corrected chi connectivity index (χ0v) is 9.01. The normalized spacial score (nSPS) is 10.7. The summed E-state index contributed by atoms with van der Waals surface area (Å²) in [4.78, 5) is 7.97. The molecule has 8 heteroatoms. The SMILES string of the molecule is Cn1ncnc1Cn1nc(N)nc1Br. The van der Waals surface area contributed by atoms with E-state index in [9.17, 15) is 0 Å².